The quantitative estimate of drug-likeness (QED) is 0.445. The van der Waals surface area contributed by atoms with Crippen molar-refractivity contribution in [1.29, 1.82) is 0 Å². The zero-order valence-electron chi connectivity index (χ0n) is 19.2. The van der Waals surface area contributed by atoms with E-state index in [1.807, 2.05) is 25.1 Å². The summed E-state index contributed by atoms with van der Waals surface area (Å²) in [5.41, 5.74) is 0.779. The Bertz CT molecular complexity index is 1480. The number of methoxy groups -OCH3 is 1. The SMILES string of the molecule is COc1ccc(-n2nc(C(=O)NCc3ccc(F)cc3)c(=O)n(Cc3cccc(C)c3)c2=O)cc1. The van der Waals surface area contributed by atoms with E-state index >= 15 is 0 Å². The van der Waals surface area contributed by atoms with Gasteiger partial charge in [-0.2, -0.15) is 9.78 Å². The van der Waals surface area contributed by atoms with E-state index in [-0.39, 0.29) is 13.1 Å². The molecule has 0 atom stereocenters. The van der Waals surface area contributed by atoms with Gasteiger partial charge in [-0.05, 0) is 54.4 Å². The summed E-state index contributed by atoms with van der Waals surface area (Å²) < 4.78 is 20.3. The number of rotatable bonds is 7. The number of nitrogens with zero attached hydrogens (tertiary/aromatic N) is 3. The number of nitrogens with one attached hydrogen (secondary N) is 1. The molecule has 1 heterocycles. The van der Waals surface area contributed by atoms with Crippen LogP contribution in [0.4, 0.5) is 4.39 Å². The highest BCUT2D eigenvalue weighted by Crippen LogP contribution is 2.13. The Labute approximate surface area is 200 Å². The van der Waals surface area contributed by atoms with Crippen LogP contribution in [0.25, 0.3) is 5.69 Å². The van der Waals surface area contributed by atoms with Crippen LogP contribution in [0.15, 0.2) is 82.4 Å². The maximum absolute atomic E-state index is 13.3. The second-order valence-corrected chi connectivity index (χ2v) is 7.93. The first-order chi connectivity index (χ1) is 16.9. The minimum atomic E-state index is -0.808. The molecule has 0 bridgehead atoms. The Morgan fingerprint density at radius 2 is 1.71 bits per heavy atom. The van der Waals surface area contributed by atoms with Gasteiger partial charge in [0, 0.05) is 6.54 Å². The van der Waals surface area contributed by atoms with Crippen molar-refractivity contribution in [3.8, 4) is 11.4 Å². The van der Waals surface area contributed by atoms with Crippen molar-refractivity contribution >= 4 is 5.91 Å². The van der Waals surface area contributed by atoms with E-state index in [2.05, 4.69) is 10.4 Å². The third-order valence-electron chi connectivity index (χ3n) is 5.38. The molecular weight excluding hydrogens is 451 g/mol. The standard InChI is InChI=1S/C26H23FN4O4/c1-17-4-3-5-19(14-17)16-30-25(33)23(24(32)28-15-18-6-8-20(27)9-7-18)29-31(26(30)34)21-10-12-22(35-2)13-11-21/h3-14H,15-16H2,1-2H3,(H,28,32). The number of amides is 1. The molecule has 178 valence electrons. The van der Waals surface area contributed by atoms with Gasteiger partial charge in [0.05, 0.1) is 19.3 Å². The molecule has 0 saturated carbocycles. The Kier molecular flexibility index (Phi) is 6.86. The van der Waals surface area contributed by atoms with E-state index in [0.717, 1.165) is 20.4 Å². The lowest BCUT2D eigenvalue weighted by atomic mass is 10.1. The molecule has 0 radical (unpaired) electrons. The molecule has 0 fully saturated rings. The van der Waals surface area contributed by atoms with E-state index in [4.69, 9.17) is 4.74 Å². The van der Waals surface area contributed by atoms with Gasteiger partial charge >= 0.3 is 5.69 Å². The molecule has 35 heavy (non-hydrogen) atoms. The molecule has 0 spiro atoms. The molecular formula is C26H23FN4O4. The molecule has 0 aliphatic rings. The summed E-state index contributed by atoms with van der Waals surface area (Å²) in [6.45, 7) is 1.93. The smallest absolute Gasteiger partial charge is 0.352 e. The Morgan fingerprint density at radius 1 is 1.00 bits per heavy atom. The van der Waals surface area contributed by atoms with Crippen LogP contribution in [0.5, 0.6) is 5.75 Å². The van der Waals surface area contributed by atoms with Crippen molar-refractivity contribution in [1.82, 2.24) is 19.7 Å². The fourth-order valence-electron chi connectivity index (χ4n) is 3.55. The predicted molar refractivity (Wildman–Crippen MR) is 128 cm³/mol. The van der Waals surface area contributed by atoms with E-state index < -0.39 is 28.7 Å². The molecule has 0 unspecified atom stereocenters. The molecule has 0 saturated heterocycles. The normalized spacial score (nSPS) is 10.7. The minimum absolute atomic E-state index is 0.0315. The lowest BCUT2D eigenvalue weighted by molar-refractivity contribution is 0.0941. The molecule has 1 N–H and O–H groups in total. The maximum atomic E-state index is 13.3. The zero-order valence-corrected chi connectivity index (χ0v) is 19.2. The molecule has 9 heteroatoms. The fourth-order valence-corrected chi connectivity index (χ4v) is 3.55. The number of hydrogen-bond acceptors (Lipinski definition) is 5. The van der Waals surface area contributed by atoms with E-state index in [0.29, 0.717) is 17.0 Å². The monoisotopic (exact) mass is 474 g/mol. The Hall–Kier alpha value is -4.53. The van der Waals surface area contributed by atoms with E-state index in [9.17, 15) is 18.8 Å². The third-order valence-corrected chi connectivity index (χ3v) is 5.38. The molecule has 4 aromatic rings. The predicted octanol–water partition coefficient (Wildman–Crippen LogP) is 2.83. The number of hydrogen-bond donors (Lipinski definition) is 1. The highest BCUT2D eigenvalue weighted by Gasteiger charge is 2.20. The van der Waals surface area contributed by atoms with Crippen molar-refractivity contribution in [2.24, 2.45) is 0 Å². The summed E-state index contributed by atoms with van der Waals surface area (Å²) in [4.78, 5) is 39.5. The molecule has 0 aliphatic carbocycles. The van der Waals surface area contributed by atoms with Gasteiger partial charge in [-0.15, -0.1) is 0 Å². The summed E-state index contributed by atoms with van der Waals surface area (Å²) in [7, 11) is 1.52. The lowest BCUT2D eigenvalue weighted by Gasteiger charge is -2.13. The highest BCUT2D eigenvalue weighted by atomic mass is 19.1. The van der Waals surface area contributed by atoms with Gasteiger partial charge in [-0.3, -0.25) is 14.2 Å². The first-order valence-corrected chi connectivity index (χ1v) is 10.8. The van der Waals surface area contributed by atoms with Crippen molar-refractivity contribution in [2.45, 2.75) is 20.0 Å². The third kappa shape index (κ3) is 5.35. The highest BCUT2D eigenvalue weighted by molar-refractivity contribution is 5.91. The Morgan fingerprint density at radius 3 is 2.37 bits per heavy atom. The van der Waals surface area contributed by atoms with Crippen molar-refractivity contribution in [3.63, 3.8) is 0 Å². The van der Waals surface area contributed by atoms with Gasteiger partial charge in [0.1, 0.15) is 11.6 Å². The fraction of sp³-hybridized carbons (Fsp3) is 0.154. The number of aromatic nitrogens is 3. The van der Waals surface area contributed by atoms with Crippen LogP contribution in [-0.4, -0.2) is 27.4 Å². The number of aryl methyl sites for hydroxylation is 1. The van der Waals surface area contributed by atoms with Crippen LogP contribution >= 0.6 is 0 Å². The van der Waals surface area contributed by atoms with E-state index in [1.165, 1.54) is 31.4 Å². The topological polar surface area (TPSA) is 95.2 Å². The van der Waals surface area contributed by atoms with Gasteiger partial charge in [0.25, 0.3) is 11.5 Å². The average molecular weight is 474 g/mol. The van der Waals surface area contributed by atoms with Crippen molar-refractivity contribution in [2.75, 3.05) is 7.11 Å². The largest absolute Gasteiger partial charge is 0.497 e. The van der Waals surface area contributed by atoms with Crippen LogP contribution in [0.2, 0.25) is 0 Å². The number of halogens is 1. The summed E-state index contributed by atoms with van der Waals surface area (Å²) in [5.74, 6) is -0.570. The van der Waals surface area contributed by atoms with Gasteiger partial charge in [-0.25, -0.2) is 9.18 Å². The van der Waals surface area contributed by atoms with Crippen molar-refractivity contribution in [3.05, 3.63) is 122 Å². The van der Waals surface area contributed by atoms with Crippen LogP contribution in [0.1, 0.15) is 27.2 Å². The summed E-state index contributed by atoms with van der Waals surface area (Å²) in [6, 6.07) is 19.5. The molecule has 1 amide bonds. The van der Waals surface area contributed by atoms with Crippen LogP contribution < -0.4 is 21.3 Å². The number of ether oxygens (including phenoxy) is 1. The lowest BCUT2D eigenvalue weighted by Crippen LogP contribution is -2.46. The second-order valence-electron chi connectivity index (χ2n) is 7.93. The summed E-state index contributed by atoms with van der Waals surface area (Å²) in [5, 5.41) is 6.72. The average Bonchev–Trinajstić information content (AvgIpc) is 2.86. The maximum Gasteiger partial charge on any atom is 0.352 e. The first-order valence-electron chi connectivity index (χ1n) is 10.8. The molecule has 3 aromatic carbocycles. The number of carbonyl (C=O) groups excluding carboxylic acids is 1. The van der Waals surface area contributed by atoms with Gasteiger partial charge in [0.15, 0.2) is 0 Å². The Balaban J connectivity index is 1.76. The number of carbonyl (C=O) groups is 1. The van der Waals surface area contributed by atoms with Crippen LogP contribution in [0, 0.1) is 12.7 Å². The zero-order chi connectivity index (χ0) is 24.9. The van der Waals surface area contributed by atoms with Gasteiger partial charge in [0.2, 0.25) is 5.69 Å². The first kappa shape index (κ1) is 23.6. The van der Waals surface area contributed by atoms with E-state index in [1.54, 1.807) is 30.3 Å². The summed E-state index contributed by atoms with van der Waals surface area (Å²) >= 11 is 0. The van der Waals surface area contributed by atoms with Gasteiger partial charge in [-0.1, -0.05) is 42.0 Å². The van der Waals surface area contributed by atoms with Gasteiger partial charge < -0.3 is 10.1 Å². The van der Waals surface area contributed by atoms with Crippen LogP contribution in [-0.2, 0) is 13.1 Å². The molecule has 4 rings (SSSR count). The minimum Gasteiger partial charge on any atom is -0.497 e. The van der Waals surface area contributed by atoms with Crippen LogP contribution in [0.3, 0.4) is 0 Å². The summed E-state index contributed by atoms with van der Waals surface area (Å²) in [6.07, 6.45) is 0. The molecule has 1 aromatic heterocycles. The number of benzene rings is 3. The second kappa shape index (κ2) is 10.2. The molecule has 8 nitrogen and oxygen atoms in total. The molecule has 0 aliphatic heterocycles. The van der Waals surface area contributed by atoms with Crippen molar-refractivity contribution < 1.29 is 13.9 Å².